The van der Waals surface area contributed by atoms with Crippen LogP contribution in [0.4, 0.5) is 0 Å². The molecule has 148 valence electrons. The van der Waals surface area contributed by atoms with Crippen LogP contribution in [-0.2, 0) is 0 Å². The summed E-state index contributed by atoms with van der Waals surface area (Å²) in [5.74, 6) is 1.18. The van der Waals surface area contributed by atoms with Crippen molar-refractivity contribution in [1.29, 1.82) is 0 Å². The molecule has 1 aliphatic carbocycles. The van der Waals surface area contributed by atoms with Crippen molar-refractivity contribution in [2.45, 2.75) is 24.8 Å². The van der Waals surface area contributed by atoms with Crippen molar-refractivity contribution in [1.82, 2.24) is 14.8 Å². The van der Waals surface area contributed by atoms with Gasteiger partial charge in [-0.2, -0.15) is 0 Å². The second kappa shape index (κ2) is 7.84. The molecule has 5 heteroatoms. The smallest absolute Gasteiger partial charge is 0.276 e. The molecule has 0 atom stereocenters. The highest BCUT2D eigenvalue weighted by Crippen LogP contribution is 2.41. The van der Waals surface area contributed by atoms with Crippen LogP contribution in [0.25, 0.3) is 0 Å². The van der Waals surface area contributed by atoms with E-state index in [1.165, 1.54) is 17.5 Å². The average molecular weight is 387 g/mol. The van der Waals surface area contributed by atoms with Crippen molar-refractivity contribution in [2.75, 3.05) is 26.2 Å². The molecule has 1 saturated heterocycles. The first-order valence-electron chi connectivity index (χ1n) is 10.4. The normalized spacial score (nSPS) is 17.6. The molecule has 2 aromatic carbocycles. The molecule has 1 aliphatic heterocycles. The SMILES string of the molecule is O=C(c1ncoc1C1CC1)N1CCN(C(c2ccccc2)c2ccccc2)CC1. The molecular weight excluding hydrogens is 362 g/mol. The molecule has 0 unspecified atom stereocenters. The molecule has 0 radical (unpaired) electrons. The Morgan fingerprint density at radius 1 is 0.897 bits per heavy atom. The number of hydrogen-bond acceptors (Lipinski definition) is 4. The van der Waals surface area contributed by atoms with Crippen LogP contribution >= 0.6 is 0 Å². The molecule has 2 aliphatic rings. The molecule has 1 saturated carbocycles. The number of amides is 1. The Balaban J connectivity index is 1.33. The van der Waals surface area contributed by atoms with Crippen molar-refractivity contribution in [3.05, 3.63) is 89.6 Å². The molecule has 0 N–H and O–H groups in total. The van der Waals surface area contributed by atoms with Gasteiger partial charge in [-0.3, -0.25) is 9.69 Å². The Bertz CT molecular complexity index is 919. The van der Waals surface area contributed by atoms with Crippen LogP contribution < -0.4 is 0 Å². The Kier molecular flexibility index (Phi) is 4.90. The number of rotatable bonds is 5. The monoisotopic (exact) mass is 387 g/mol. The van der Waals surface area contributed by atoms with Gasteiger partial charge in [0.25, 0.3) is 5.91 Å². The zero-order valence-corrected chi connectivity index (χ0v) is 16.4. The van der Waals surface area contributed by atoms with E-state index in [1.807, 2.05) is 4.90 Å². The number of hydrogen-bond donors (Lipinski definition) is 0. The first kappa shape index (κ1) is 18.1. The quantitative estimate of drug-likeness (QED) is 0.661. The Labute approximate surface area is 171 Å². The van der Waals surface area contributed by atoms with Gasteiger partial charge in [-0.05, 0) is 24.0 Å². The summed E-state index contributed by atoms with van der Waals surface area (Å²) in [6, 6.07) is 21.4. The number of carbonyl (C=O) groups is 1. The summed E-state index contributed by atoms with van der Waals surface area (Å²) in [4.78, 5) is 21.6. The number of nitrogens with zero attached hydrogens (tertiary/aromatic N) is 3. The summed E-state index contributed by atoms with van der Waals surface area (Å²) in [6.45, 7) is 3.06. The van der Waals surface area contributed by atoms with E-state index in [0.717, 1.165) is 31.7 Å². The van der Waals surface area contributed by atoms with Crippen molar-refractivity contribution >= 4 is 5.91 Å². The highest BCUT2D eigenvalue weighted by Gasteiger charge is 2.35. The number of oxazole rings is 1. The molecule has 5 nitrogen and oxygen atoms in total. The highest BCUT2D eigenvalue weighted by atomic mass is 16.3. The fourth-order valence-electron chi connectivity index (χ4n) is 4.27. The lowest BCUT2D eigenvalue weighted by molar-refractivity contribution is 0.0590. The van der Waals surface area contributed by atoms with Gasteiger partial charge in [0.2, 0.25) is 0 Å². The largest absolute Gasteiger partial charge is 0.447 e. The highest BCUT2D eigenvalue weighted by molar-refractivity contribution is 5.93. The van der Waals surface area contributed by atoms with E-state index < -0.39 is 0 Å². The minimum atomic E-state index is 0.0104. The van der Waals surface area contributed by atoms with Gasteiger partial charge in [0.05, 0.1) is 6.04 Å². The van der Waals surface area contributed by atoms with Gasteiger partial charge in [0.1, 0.15) is 5.76 Å². The minimum Gasteiger partial charge on any atom is -0.447 e. The van der Waals surface area contributed by atoms with E-state index in [-0.39, 0.29) is 11.9 Å². The van der Waals surface area contributed by atoms with Gasteiger partial charge in [-0.15, -0.1) is 0 Å². The third-order valence-electron chi connectivity index (χ3n) is 5.94. The maximum atomic E-state index is 13.0. The van der Waals surface area contributed by atoms with Crippen LogP contribution in [0.2, 0.25) is 0 Å². The first-order chi connectivity index (χ1) is 14.3. The van der Waals surface area contributed by atoms with E-state index in [4.69, 9.17) is 4.42 Å². The molecular formula is C24H25N3O2. The summed E-state index contributed by atoms with van der Waals surface area (Å²) >= 11 is 0. The Hall–Kier alpha value is -2.92. The molecule has 1 aromatic heterocycles. The lowest BCUT2D eigenvalue weighted by Crippen LogP contribution is -2.50. The second-order valence-corrected chi connectivity index (χ2v) is 7.89. The predicted molar refractivity (Wildman–Crippen MR) is 111 cm³/mol. The summed E-state index contributed by atoms with van der Waals surface area (Å²) in [6.07, 6.45) is 3.61. The van der Waals surface area contributed by atoms with Crippen molar-refractivity contribution < 1.29 is 9.21 Å². The summed E-state index contributed by atoms with van der Waals surface area (Å²) in [5, 5.41) is 0. The van der Waals surface area contributed by atoms with E-state index in [9.17, 15) is 4.79 Å². The van der Waals surface area contributed by atoms with Gasteiger partial charge in [0, 0.05) is 32.1 Å². The average Bonchev–Trinajstić information content (AvgIpc) is 3.52. The van der Waals surface area contributed by atoms with Crippen LogP contribution in [0, 0.1) is 0 Å². The van der Waals surface area contributed by atoms with Gasteiger partial charge < -0.3 is 9.32 Å². The number of piperazine rings is 1. The molecule has 3 aromatic rings. The van der Waals surface area contributed by atoms with Crippen LogP contribution in [0.15, 0.2) is 71.5 Å². The summed E-state index contributed by atoms with van der Waals surface area (Å²) in [7, 11) is 0. The molecule has 0 bridgehead atoms. The fourth-order valence-corrected chi connectivity index (χ4v) is 4.27. The van der Waals surface area contributed by atoms with Crippen LogP contribution in [0.3, 0.4) is 0 Å². The maximum Gasteiger partial charge on any atom is 0.276 e. The number of benzene rings is 2. The Morgan fingerprint density at radius 2 is 1.48 bits per heavy atom. The van der Waals surface area contributed by atoms with Gasteiger partial charge in [-0.1, -0.05) is 60.7 Å². The predicted octanol–water partition coefficient (Wildman–Crippen LogP) is 4.10. The third kappa shape index (κ3) is 3.70. The molecule has 5 rings (SSSR count). The standard InChI is InChI=1S/C24H25N3O2/c28-24(21-23(20-11-12-20)29-17-25-21)27-15-13-26(14-16-27)22(18-7-3-1-4-8-18)19-9-5-2-6-10-19/h1-10,17,20,22H,11-16H2. The second-order valence-electron chi connectivity index (χ2n) is 7.89. The minimum absolute atomic E-state index is 0.0104. The van der Waals surface area contributed by atoms with E-state index in [1.54, 1.807) is 0 Å². The van der Waals surface area contributed by atoms with Crippen molar-refractivity contribution in [3.8, 4) is 0 Å². The molecule has 1 amide bonds. The van der Waals surface area contributed by atoms with Crippen LogP contribution in [0.5, 0.6) is 0 Å². The number of carbonyl (C=O) groups excluding carboxylic acids is 1. The zero-order chi connectivity index (χ0) is 19.6. The van der Waals surface area contributed by atoms with Gasteiger partial charge in [-0.25, -0.2) is 4.98 Å². The summed E-state index contributed by atoms with van der Waals surface area (Å²) in [5.41, 5.74) is 3.08. The first-order valence-corrected chi connectivity index (χ1v) is 10.4. The fraction of sp³-hybridized carbons (Fsp3) is 0.333. The topological polar surface area (TPSA) is 49.6 Å². The lowest BCUT2D eigenvalue weighted by Gasteiger charge is -2.39. The van der Waals surface area contributed by atoms with Crippen LogP contribution in [-0.4, -0.2) is 46.9 Å². The lowest BCUT2D eigenvalue weighted by atomic mass is 9.96. The maximum absolute atomic E-state index is 13.0. The van der Waals surface area contributed by atoms with E-state index >= 15 is 0 Å². The van der Waals surface area contributed by atoms with Crippen molar-refractivity contribution in [2.24, 2.45) is 0 Å². The van der Waals surface area contributed by atoms with Crippen molar-refractivity contribution in [3.63, 3.8) is 0 Å². The van der Waals surface area contributed by atoms with Gasteiger partial charge >= 0.3 is 0 Å². The molecule has 0 spiro atoms. The zero-order valence-electron chi connectivity index (χ0n) is 16.4. The Morgan fingerprint density at radius 3 is 2.03 bits per heavy atom. The third-order valence-corrected chi connectivity index (χ3v) is 5.94. The summed E-state index contributed by atoms with van der Waals surface area (Å²) < 4.78 is 5.51. The molecule has 2 heterocycles. The van der Waals surface area contributed by atoms with E-state index in [0.29, 0.717) is 24.7 Å². The van der Waals surface area contributed by atoms with E-state index in [2.05, 4.69) is 70.5 Å². The molecule has 29 heavy (non-hydrogen) atoms. The van der Waals surface area contributed by atoms with Gasteiger partial charge in [0.15, 0.2) is 12.1 Å². The van der Waals surface area contributed by atoms with Crippen LogP contribution in [0.1, 0.15) is 52.2 Å². The molecule has 2 fully saturated rings. The number of aromatic nitrogens is 1.